The molecular formula is C30H36N2O2S. The van der Waals surface area contributed by atoms with Crippen LogP contribution >= 0.6 is 11.8 Å². The van der Waals surface area contributed by atoms with E-state index in [0.717, 1.165) is 29.7 Å². The van der Waals surface area contributed by atoms with Crippen LogP contribution in [0.4, 0.5) is 0 Å². The smallest absolute Gasteiger partial charge is 0.243 e. The van der Waals surface area contributed by atoms with E-state index in [1.165, 1.54) is 11.1 Å². The Balaban J connectivity index is 1.82. The highest BCUT2D eigenvalue weighted by Crippen LogP contribution is 2.19. The van der Waals surface area contributed by atoms with Crippen LogP contribution in [0.2, 0.25) is 0 Å². The Morgan fingerprint density at radius 1 is 0.857 bits per heavy atom. The predicted octanol–water partition coefficient (Wildman–Crippen LogP) is 5.78. The lowest BCUT2D eigenvalue weighted by Gasteiger charge is -2.31. The number of thioether (sulfide) groups is 1. The van der Waals surface area contributed by atoms with E-state index in [-0.39, 0.29) is 11.8 Å². The Morgan fingerprint density at radius 2 is 1.49 bits per heavy atom. The van der Waals surface area contributed by atoms with Crippen LogP contribution in [-0.4, -0.2) is 35.1 Å². The first kappa shape index (κ1) is 26.6. The van der Waals surface area contributed by atoms with Crippen molar-refractivity contribution < 1.29 is 9.59 Å². The minimum atomic E-state index is -0.569. The van der Waals surface area contributed by atoms with Crippen molar-refractivity contribution in [2.75, 3.05) is 12.3 Å². The van der Waals surface area contributed by atoms with Crippen LogP contribution in [0.15, 0.2) is 84.9 Å². The van der Waals surface area contributed by atoms with Crippen molar-refractivity contribution >= 4 is 23.6 Å². The standard InChI is InChI=1S/C30H36N2O2S/c1-3-4-19-31-30(34)28(20-25-11-7-5-8-12-25)32(21-26-17-15-24(2)16-18-26)29(33)23-35-22-27-13-9-6-10-14-27/h5-18,28H,3-4,19-23H2,1-2H3,(H,31,34)/t28-/m1/s1. The van der Waals surface area contributed by atoms with Crippen LogP contribution in [0.3, 0.4) is 0 Å². The van der Waals surface area contributed by atoms with Gasteiger partial charge in [0.05, 0.1) is 5.75 Å². The van der Waals surface area contributed by atoms with Crippen LogP contribution in [0, 0.1) is 6.92 Å². The maximum Gasteiger partial charge on any atom is 0.243 e. The molecule has 0 heterocycles. The molecule has 0 bridgehead atoms. The second kappa shape index (κ2) is 14.4. The van der Waals surface area contributed by atoms with Gasteiger partial charge in [-0.25, -0.2) is 0 Å². The molecule has 0 aliphatic carbocycles. The van der Waals surface area contributed by atoms with Gasteiger partial charge in [-0.1, -0.05) is 104 Å². The quantitative estimate of drug-likeness (QED) is 0.310. The highest BCUT2D eigenvalue weighted by Gasteiger charge is 2.30. The maximum atomic E-state index is 13.6. The van der Waals surface area contributed by atoms with Gasteiger partial charge in [-0.3, -0.25) is 9.59 Å². The summed E-state index contributed by atoms with van der Waals surface area (Å²) in [5.74, 6) is 0.986. The number of nitrogens with one attached hydrogen (secondary N) is 1. The Bertz CT molecular complexity index is 1040. The average Bonchev–Trinajstić information content (AvgIpc) is 2.88. The molecule has 35 heavy (non-hydrogen) atoms. The third-order valence-electron chi connectivity index (χ3n) is 5.91. The van der Waals surface area contributed by atoms with Gasteiger partial charge in [-0.2, -0.15) is 0 Å². The van der Waals surface area contributed by atoms with Crippen molar-refractivity contribution in [3.63, 3.8) is 0 Å². The molecule has 0 unspecified atom stereocenters. The van der Waals surface area contributed by atoms with Gasteiger partial charge in [0, 0.05) is 25.3 Å². The summed E-state index contributed by atoms with van der Waals surface area (Å²) in [4.78, 5) is 28.8. The summed E-state index contributed by atoms with van der Waals surface area (Å²) >= 11 is 1.59. The van der Waals surface area contributed by atoms with E-state index < -0.39 is 6.04 Å². The molecule has 4 nitrogen and oxygen atoms in total. The first-order valence-corrected chi connectivity index (χ1v) is 13.5. The molecule has 0 aromatic heterocycles. The van der Waals surface area contributed by atoms with Crippen LogP contribution in [0.1, 0.15) is 42.0 Å². The van der Waals surface area contributed by atoms with Gasteiger partial charge in [0.2, 0.25) is 11.8 Å². The minimum Gasteiger partial charge on any atom is -0.354 e. The Kier molecular flexibility index (Phi) is 10.9. The van der Waals surface area contributed by atoms with E-state index in [1.54, 1.807) is 16.7 Å². The predicted molar refractivity (Wildman–Crippen MR) is 146 cm³/mol. The number of amides is 2. The molecular weight excluding hydrogens is 452 g/mol. The fourth-order valence-electron chi connectivity index (χ4n) is 3.86. The zero-order valence-corrected chi connectivity index (χ0v) is 21.6. The van der Waals surface area contributed by atoms with E-state index in [1.807, 2.05) is 67.6 Å². The lowest BCUT2D eigenvalue weighted by Crippen LogP contribution is -2.51. The number of nitrogens with zero attached hydrogens (tertiary/aromatic N) is 1. The summed E-state index contributed by atoms with van der Waals surface area (Å²) in [6.45, 7) is 5.18. The van der Waals surface area contributed by atoms with Crippen molar-refractivity contribution in [1.29, 1.82) is 0 Å². The molecule has 184 valence electrons. The summed E-state index contributed by atoms with van der Waals surface area (Å²) in [6, 6.07) is 27.7. The van der Waals surface area contributed by atoms with Gasteiger partial charge in [0.15, 0.2) is 0 Å². The van der Waals surface area contributed by atoms with E-state index in [2.05, 4.69) is 36.5 Å². The topological polar surface area (TPSA) is 49.4 Å². The SMILES string of the molecule is CCCCNC(=O)[C@@H](Cc1ccccc1)N(Cc1ccc(C)cc1)C(=O)CSCc1ccccc1. The summed E-state index contributed by atoms with van der Waals surface area (Å²) in [7, 11) is 0. The lowest BCUT2D eigenvalue weighted by atomic mass is 10.0. The molecule has 0 fully saturated rings. The van der Waals surface area contributed by atoms with Gasteiger partial charge in [-0.15, -0.1) is 11.8 Å². The van der Waals surface area contributed by atoms with Gasteiger partial charge in [0.1, 0.15) is 6.04 Å². The van der Waals surface area contributed by atoms with Crippen molar-refractivity contribution in [3.05, 3.63) is 107 Å². The number of hydrogen-bond acceptors (Lipinski definition) is 3. The summed E-state index contributed by atoms with van der Waals surface area (Å²) in [6.07, 6.45) is 2.41. The molecule has 1 N–H and O–H groups in total. The average molecular weight is 489 g/mol. The first-order chi connectivity index (χ1) is 17.1. The molecule has 3 aromatic carbocycles. The minimum absolute atomic E-state index is 0.0157. The highest BCUT2D eigenvalue weighted by molar-refractivity contribution is 7.99. The third kappa shape index (κ3) is 8.91. The monoisotopic (exact) mass is 488 g/mol. The van der Waals surface area contributed by atoms with Crippen LogP contribution in [0.25, 0.3) is 0 Å². The van der Waals surface area contributed by atoms with Crippen molar-refractivity contribution in [2.45, 2.75) is 51.4 Å². The number of carbonyl (C=O) groups is 2. The van der Waals surface area contributed by atoms with Gasteiger partial charge in [-0.05, 0) is 30.0 Å². The van der Waals surface area contributed by atoms with Crippen molar-refractivity contribution in [2.24, 2.45) is 0 Å². The Morgan fingerprint density at radius 3 is 2.11 bits per heavy atom. The summed E-state index contributed by atoms with van der Waals surface area (Å²) in [5, 5.41) is 3.08. The summed E-state index contributed by atoms with van der Waals surface area (Å²) < 4.78 is 0. The second-order valence-electron chi connectivity index (χ2n) is 8.84. The zero-order chi connectivity index (χ0) is 24.9. The molecule has 0 aliphatic rings. The normalized spacial score (nSPS) is 11.6. The lowest BCUT2D eigenvalue weighted by molar-refractivity contribution is -0.139. The fraction of sp³-hybridized carbons (Fsp3) is 0.333. The van der Waals surface area contributed by atoms with Gasteiger partial charge < -0.3 is 10.2 Å². The van der Waals surface area contributed by atoms with E-state index >= 15 is 0 Å². The Labute approximate surface area is 214 Å². The molecule has 0 spiro atoms. The molecule has 0 aliphatic heterocycles. The van der Waals surface area contributed by atoms with E-state index in [0.29, 0.717) is 25.3 Å². The van der Waals surface area contributed by atoms with Crippen molar-refractivity contribution in [1.82, 2.24) is 10.2 Å². The molecule has 3 aromatic rings. The van der Waals surface area contributed by atoms with E-state index in [4.69, 9.17) is 0 Å². The van der Waals surface area contributed by atoms with Crippen molar-refractivity contribution in [3.8, 4) is 0 Å². The number of hydrogen-bond donors (Lipinski definition) is 1. The zero-order valence-electron chi connectivity index (χ0n) is 20.8. The maximum absolute atomic E-state index is 13.6. The number of aryl methyl sites for hydroxylation is 1. The number of unbranched alkanes of at least 4 members (excludes halogenated alkanes) is 1. The van der Waals surface area contributed by atoms with Crippen LogP contribution in [0.5, 0.6) is 0 Å². The number of rotatable bonds is 13. The highest BCUT2D eigenvalue weighted by atomic mass is 32.2. The number of carbonyl (C=O) groups excluding carboxylic acids is 2. The molecule has 0 saturated carbocycles. The third-order valence-corrected chi connectivity index (χ3v) is 6.90. The molecule has 3 rings (SSSR count). The molecule has 0 saturated heterocycles. The van der Waals surface area contributed by atoms with Crippen LogP contribution < -0.4 is 5.32 Å². The molecule has 2 amide bonds. The first-order valence-electron chi connectivity index (χ1n) is 12.3. The molecule has 5 heteroatoms. The molecule has 0 radical (unpaired) electrons. The van der Waals surface area contributed by atoms with Crippen LogP contribution in [-0.2, 0) is 28.3 Å². The number of benzene rings is 3. The second-order valence-corrected chi connectivity index (χ2v) is 9.82. The largest absolute Gasteiger partial charge is 0.354 e. The van der Waals surface area contributed by atoms with Gasteiger partial charge >= 0.3 is 0 Å². The van der Waals surface area contributed by atoms with E-state index in [9.17, 15) is 9.59 Å². The Hall–Kier alpha value is -3.05. The van der Waals surface area contributed by atoms with Gasteiger partial charge in [0.25, 0.3) is 0 Å². The summed E-state index contributed by atoms with van der Waals surface area (Å²) in [5.41, 5.74) is 4.43. The molecule has 1 atom stereocenters. The fourth-order valence-corrected chi connectivity index (χ4v) is 4.73.